The molecule has 2 aliphatic rings. The van der Waals surface area contributed by atoms with Gasteiger partial charge in [0, 0.05) is 10.9 Å². The van der Waals surface area contributed by atoms with E-state index in [0.29, 0.717) is 4.32 Å². The minimum atomic E-state index is 0.480. The van der Waals surface area contributed by atoms with Crippen molar-refractivity contribution in [3.05, 3.63) is 0 Å². The van der Waals surface area contributed by atoms with E-state index in [0.717, 1.165) is 5.92 Å². The molecule has 2 heteroatoms. The summed E-state index contributed by atoms with van der Waals surface area (Å²) < 4.78 is 0.480. The molecule has 2 rings (SSSR count). The molecule has 1 aliphatic carbocycles. The summed E-state index contributed by atoms with van der Waals surface area (Å²) in [6.45, 7) is 2.44. The molecule has 2 bridgehead atoms. The van der Waals surface area contributed by atoms with Crippen LogP contribution in [0.3, 0.4) is 0 Å². The molecular formula is C8H14BrN. The second-order valence-electron chi connectivity index (χ2n) is 3.74. The van der Waals surface area contributed by atoms with Crippen LogP contribution in [0.4, 0.5) is 0 Å². The summed E-state index contributed by atoms with van der Waals surface area (Å²) in [7, 11) is 0. The largest absolute Gasteiger partial charge is 0.315 e. The van der Waals surface area contributed by atoms with Gasteiger partial charge in [0.2, 0.25) is 0 Å². The second kappa shape index (κ2) is 2.49. The molecule has 0 radical (unpaired) electrons. The molecule has 0 aromatic rings. The third-order valence-electron chi connectivity index (χ3n) is 2.77. The zero-order chi connectivity index (χ0) is 7.03. The third kappa shape index (κ3) is 1.24. The minimum absolute atomic E-state index is 0.480. The number of alkyl halides is 1. The maximum Gasteiger partial charge on any atom is 0.0385 e. The van der Waals surface area contributed by atoms with Crippen molar-refractivity contribution in [1.29, 1.82) is 0 Å². The van der Waals surface area contributed by atoms with Gasteiger partial charge in [0.1, 0.15) is 0 Å². The fourth-order valence-electron chi connectivity index (χ4n) is 2.26. The van der Waals surface area contributed by atoms with Crippen LogP contribution in [0.2, 0.25) is 0 Å². The van der Waals surface area contributed by atoms with Gasteiger partial charge in [-0.05, 0) is 31.7 Å². The summed E-state index contributed by atoms with van der Waals surface area (Å²) in [5.41, 5.74) is 0. The SMILES string of the molecule is BrC12CCCC(CNC1)C2. The van der Waals surface area contributed by atoms with Gasteiger partial charge in [0.05, 0.1) is 0 Å². The number of halogens is 1. The number of rotatable bonds is 0. The molecule has 1 heterocycles. The van der Waals surface area contributed by atoms with Gasteiger partial charge < -0.3 is 5.32 Å². The molecule has 0 spiro atoms. The molecule has 1 N–H and O–H groups in total. The number of hydrogen-bond acceptors (Lipinski definition) is 1. The zero-order valence-electron chi connectivity index (χ0n) is 6.20. The van der Waals surface area contributed by atoms with Gasteiger partial charge in [-0.15, -0.1) is 0 Å². The number of nitrogens with one attached hydrogen (secondary N) is 1. The van der Waals surface area contributed by atoms with Gasteiger partial charge in [-0.25, -0.2) is 0 Å². The molecule has 10 heavy (non-hydrogen) atoms. The second-order valence-corrected chi connectivity index (χ2v) is 5.43. The maximum absolute atomic E-state index is 3.82. The summed E-state index contributed by atoms with van der Waals surface area (Å²) in [5, 5.41) is 3.48. The van der Waals surface area contributed by atoms with Crippen molar-refractivity contribution in [2.75, 3.05) is 13.1 Å². The van der Waals surface area contributed by atoms with Gasteiger partial charge in [-0.1, -0.05) is 22.4 Å². The van der Waals surface area contributed by atoms with E-state index in [4.69, 9.17) is 0 Å². The van der Waals surface area contributed by atoms with Crippen molar-refractivity contribution in [3.8, 4) is 0 Å². The number of piperidine rings is 1. The lowest BCUT2D eigenvalue weighted by atomic mass is 9.78. The molecule has 0 amide bonds. The van der Waals surface area contributed by atoms with Crippen LogP contribution >= 0.6 is 15.9 Å². The van der Waals surface area contributed by atoms with Gasteiger partial charge in [-0.3, -0.25) is 0 Å². The smallest absolute Gasteiger partial charge is 0.0385 e. The van der Waals surface area contributed by atoms with Crippen LogP contribution < -0.4 is 5.32 Å². The van der Waals surface area contributed by atoms with Crippen LogP contribution in [-0.2, 0) is 0 Å². The molecule has 1 saturated carbocycles. The molecule has 1 saturated heterocycles. The van der Waals surface area contributed by atoms with E-state index in [1.54, 1.807) is 0 Å². The molecule has 0 aromatic heterocycles. The Morgan fingerprint density at radius 2 is 2.40 bits per heavy atom. The summed E-state index contributed by atoms with van der Waals surface area (Å²) >= 11 is 3.82. The third-order valence-corrected chi connectivity index (χ3v) is 3.77. The highest BCUT2D eigenvalue weighted by Gasteiger charge is 2.36. The Hall–Kier alpha value is 0.440. The Balaban J connectivity index is 2.07. The van der Waals surface area contributed by atoms with E-state index in [9.17, 15) is 0 Å². The van der Waals surface area contributed by atoms with Crippen molar-refractivity contribution in [2.45, 2.75) is 30.0 Å². The maximum atomic E-state index is 3.82. The molecule has 2 unspecified atom stereocenters. The fraction of sp³-hybridized carbons (Fsp3) is 1.00. The monoisotopic (exact) mass is 203 g/mol. The molecule has 1 aliphatic heterocycles. The average molecular weight is 204 g/mol. The Labute approximate surface area is 70.7 Å². The van der Waals surface area contributed by atoms with E-state index >= 15 is 0 Å². The van der Waals surface area contributed by atoms with Crippen molar-refractivity contribution in [1.82, 2.24) is 5.32 Å². The first-order chi connectivity index (χ1) is 4.79. The predicted molar refractivity (Wildman–Crippen MR) is 46.5 cm³/mol. The quantitative estimate of drug-likeness (QED) is 0.594. The highest BCUT2D eigenvalue weighted by Crippen LogP contribution is 2.40. The Morgan fingerprint density at radius 1 is 1.50 bits per heavy atom. The summed E-state index contributed by atoms with van der Waals surface area (Å²) in [4.78, 5) is 0. The summed E-state index contributed by atoms with van der Waals surface area (Å²) in [6, 6.07) is 0. The molecule has 0 aromatic carbocycles. The first-order valence-electron chi connectivity index (χ1n) is 4.18. The number of fused-ring (bicyclic) bond motifs is 2. The van der Waals surface area contributed by atoms with Crippen LogP contribution in [-0.4, -0.2) is 17.4 Å². The van der Waals surface area contributed by atoms with Crippen molar-refractivity contribution < 1.29 is 0 Å². The minimum Gasteiger partial charge on any atom is -0.315 e. The summed E-state index contributed by atoms with van der Waals surface area (Å²) in [5.74, 6) is 0.960. The first kappa shape index (κ1) is 7.11. The Morgan fingerprint density at radius 3 is 3.10 bits per heavy atom. The van der Waals surface area contributed by atoms with Crippen molar-refractivity contribution in [3.63, 3.8) is 0 Å². The molecular weight excluding hydrogens is 190 g/mol. The zero-order valence-corrected chi connectivity index (χ0v) is 7.78. The van der Waals surface area contributed by atoms with E-state index in [1.807, 2.05) is 0 Å². The van der Waals surface area contributed by atoms with E-state index < -0.39 is 0 Å². The van der Waals surface area contributed by atoms with Crippen LogP contribution in [0, 0.1) is 5.92 Å². The van der Waals surface area contributed by atoms with Crippen molar-refractivity contribution >= 4 is 15.9 Å². The Bertz CT molecular complexity index is 125. The predicted octanol–water partition coefficient (Wildman–Crippen LogP) is 1.91. The number of hydrogen-bond donors (Lipinski definition) is 1. The molecule has 2 fully saturated rings. The van der Waals surface area contributed by atoms with Crippen LogP contribution in [0.5, 0.6) is 0 Å². The highest BCUT2D eigenvalue weighted by atomic mass is 79.9. The average Bonchev–Trinajstić information content (AvgIpc) is 1.86. The molecule has 1 nitrogen and oxygen atoms in total. The van der Waals surface area contributed by atoms with Crippen LogP contribution in [0.15, 0.2) is 0 Å². The van der Waals surface area contributed by atoms with E-state index in [-0.39, 0.29) is 0 Å². The van der Waals surface area contributed by atoms with Crippen LogP contribution in [0.25, 0.3) is 0 Å². The summed E-state index contributed by atoms with van der Waals surface area (Å²) in [6.07, 6.45) is 5.65. The van der Waals surface area contributed by atoms with E-state index in [1.165, 1.54) is 38.8 Å². The molecule has 58 valence electrons. The first-order valence-corrected chi connectivity index (χ1v) is 4.97. The van der Waals surface area contributed by atoms with Gasteiger partial charge >= 0.3 is 0 Å². The lowest BCUT2D eigenvalue weighted by molar-refractivity contribution is 0.239. The Kier molecular flexibility index (Phi) is 1.77. The van der Waals surface area contributed by atoms with Gasteiger partial charge in [0.25, 0.3) is 0 Å². The van der Waals surface area contributed by atoms with Gasteiger partial charge in [0.15, 0.2) is 0 Å². The topological polar surface area (TPSA) is 12.0 Å². The van der Waals surface area contributed by atoms with E-state index in [2.05, 4.69) is 21.2 Å². The van der Waals surface area contributed by atoms with Crippen molar-refractivity contribution in [2.24, 2.45) is 5.92 Å². The van der Waals surface area contributed by atoms with Crippen LogP contribution in [0.1, 0.15) is 25.7 Å². The standard InChI is InChI=1S/C8H14BrN/c9-8-3-1-2-7(4-8)5-10-6-8/h7,10H,1-6H2. The highest BCUT2D eigenvalue weighted by molar-refractivity contribution is 9.10. The lowest BCUT2D eigenvalue weighted by Crippen LogP contribution is -2.48. The fourth-order valence-corrected chi connectivity index (χ4v) is 3.20. The molecule has 2 atom stereocenters. The lowest BCUT2D eigenvalue weighted by Gasteiger charge is -2.41. The normalized spacial score (nSPS) is 47.1. The van der Waals surface area contributed by atoms with Gasteiger partial charge in [-0.2, -0.15) is 0 Å².